The van der Waals surface area contributed by atoms with Gasteiger partial charge in [0.05, 0.1) is 12.7 Å². The van der Waals surface area contributed by atoms with Gasteiger partial charge in [0.15, 0.2) is 18.1 Å². The lowest BCUT2D eigenvalue weighted by Gasteiger charge is -2.17. The Morgan fingerprint density at radius 3 is 2.50 bits per heavy atom. The molecule has 0 spiro atoms. The van der Waals surface area contributed by atoms with Gasteiger partial charge in [-0.15, -0.1) is 0 Å². The number of ether oxygens (including phenoxy) is 2. The highest BCUT2D eigenvalue weighted by atomic mass is 19.1. The van der Waals surface area contributed by atoms with Gasteiger partial charge in [-0.3, -0.25) is 9.59 Å². The van der Waals surface area contributed by atoms with Crippen LogP contribution in [0.4, 0.5) is 4.39 Å². The van der Waals surface area contributed by atoms with E-state index in [1.807, 2.05) is 0 Å². The molecule has 7 heteroatoms. The van der Waals surface area contributed by atoms with Crippen LogP contribution < -0.4 is 14.8 Å². The summed E-state index contributed by atoms with van der Waals surface area (Å²) in [4.78, 5) is 25.7. The van der Waals surface area contributed by atoms with Crippen molar-refractivity contribution in [3.8, 4) is 11.5 Å². The molecule has 0 heterocycles. The second-order valence-corrected chi connectivity index (χ2v) is 5.69. The van der Waals surface area contributed by atoms with Crippen LogP contribution in [0, 0.1) is 5.82 Å². The first-order chi connectivity index (χ1) is 12.4. The van der Waals surface area contributed by atoms with Crippen LogP contribution in [-0.4, -0.2) is 44.5 Å². The van der Waals surface area contributed by atoms with E-state index in [1.54, 1.807) is 50.5 Å². The number of nitrogens with zero attached hydrogens (tertiary/aromatic N) is 1. The lowest BCUT2D eigenvalue weighted by atomic mass is 10.1. The summed E-state index contributed by atoms with van der Waals surface area (Å²) < 4.78 is 24.3. The zero-order valence-corrected chi connectivity index (χ0v) is 14.9. The van der Waals surface area contributed by atoms with Crippen molar-refractivity contribution in [3.05, 3.63) is 59.4 Å². The molecule has 2 rings (SSSR count). The number of amides is 2. The summed E-state index contributed by atoms with van der Waals surface area (Å²) in [6.07, 6.45) is 0. The lowest BCUT2D eigenvalue weighted by molar-refractivity contribution is -0.123. The van der Waals surface area contributed by atoms with Crippen molar-refractivity contribution in [2.45, 2.75) is 6.54 Å². The predicted molar refractivity (Wildman–Crippen MR) is 94.8 cm³/mol. The molecule has 2 aromatic rings. The molecule has 26 heavy (non-hydrogen) atoms. The van der Waals surface area contributed by atoms with Crippen molar-refractivity contribution in [2.24, 2.45) is 0 Å². The molecule has 6 nitrogen and oxygen atoms in total. The molecule has 2 amide bonds. The minimum absolute atomic E-state index is 0.0459. The maximum absolute atomic E-state index is 13.6. The van der Waals surface area contributed by atoms with Crippen LogP contribution in [-0.2, 0) is 11.3 Å². The third-order valence-electron chi connectivity index (χ3n) is 3.62. The molecule has 2 aromatic carbocycles. The number of rotatable bonds is 7. The van der Waals surface area contributed by atoms with Crippen molar-refractivity contribution < 1.29 is 23.5 Å². The van der Waals surface area contributed by atoms with Gasteiger partial charge in [0, 0.05) is 26.2 Å². The standard InChI is InChI=1S/C19H21FN2O4/c1-22(2)19(24)14-8-6-10-16(25-3)18(14)26-12-17(23)21-11-13-7-4-5-9-15(13)20/h4-10H,11-12H2,1-3H3,(H,21,23). The van der Waals surface area contributed by atoms with Gasteiger partial charge >= 0.3 is 0 Å². The molecule has 0 saturated heterocycles. The van der Waals surface area contributed by atoms with Crippen LogP contribution in [0.2, 0.25) is 0 Å². The second-order valence-electron chi connectivity index (χ2n) is 5.69. The number of halogens is 1. The molecule has 0 aromatic heterocycles. The Balaban J connectivity index is 2.05. The van der Waals surface area contributed by atoms with Gasteiger partial charge in [-0.1, -0.05) is 24.3 Å². The molecule has 0 radical (unpaired) electrons. The molecule has 0 atom stereocenters. The van der Waals surface area contributed by atoms with Crippen LogP contribution in [0.5, 0.6) is 11.5 Å². The van der Waals surface area contributed by atoms with E-state index in [1.165, 1.54) is 18.1 Å². The monoisotopic (exact) mass is 360 g/mol. The summed E-state index contributed by atoms with van der Waals surface area (Å²) in [6, 6.07) is 11.1. The van der Waals surface area contributed by atoms with E-state index in [9.17, 15) is 14.0 Å². The number of hydrogen-bond donors (Lipinski definition) is 1. The van der Waals surface area contributed by atoms with E-state index in [0.717, 1.165) is 0 Å². The molecule has 0 aliphatic rings. The van der Waals surface area contributed by atoms with Crippen LogP contribution in [0.3, 0.4) is 0 Å². The largest absolute Gasteiger partial charge is 0.493 e. The second kappa shape index (κ2) is 8.84. The Labute approximate surface area is 151 Å². The highest BCUT2D eigenvalue weighted by Crippen LogP contribution is 2.31. The zero-order chi connectivity index (χ0) is 19.1. The fourth-order valence-electron chi connectivity index (χ4n) is 2.26. The van der Waals surface area contributed by atoms with Crippen molar-refractivity contribution in [1.29, 1.82) is 0 Å². The summed E-state index contributed by atoms with van der Waals surface area (Å²) >= 11 is 0. The fourth-order valence-corrected chi connectivity index (χ4v) is 2.26. The minimum atomic E-state index is -0.442. The average Bonchev–Trinajstić information content (AvgIpc) is 2.64. The van der Waals surface area contributed by atoms with Gasteiger partial charge < -0.3 is 19.7 Å². The lowest BCUT2D eigenvalue weighted by Crippen LogP contribution is -2.29. The quantitative estimate of drug-likeness (QED) is 0.822. The molecule has 1 N–H and O–H groups in total. The normalized spacial score (nSPS) is 10.2. The summed E-state index contributed by atoms with van der Waals surface area (Å²) in [5, 5.41) is 2.58. The Morgan fingerprint density at radius 1 is 1.12 bits per heavy atom. The third-order valence-corrected chi connectivity index (χ3v) is 3.62. The number of carbonyl (C=O) groups excluding carboxylic acids is 2. The van der Waals surface area contributed by atoms with Crippen LogP contribution >= 0.6 is 0 Å². The van der Waals surface area contributed by atoms with Gasteiger partial charge in [-0.05, 0) is 18.2 Å². The number of benzene rings is 2. The predicted octanol–water partition coefficient (Wildman–Crippen LogP) is 2.23. The number of carbonyl (C=O) groups is 2. The van der Waals surface area contributed by atoms with E-state index in [0.29, 0.717) is 11.3 Å². The summed E-state index contributed by atoms with van der Waals surface area (Å²) in [5.41, 5.74) is 0.665. The topological polar surface area (TPSA) is 67.9 Å². The van der Waals surface area contributed by atoms with E-state index in [2.05, 4.69) is 5.32 Å². The molecule has 138 valence electrons. The maximum atomic E-state index is 13.6. The summed E-state index contributed by atoms with van der Waals surface area (Å²) in [5.74, 6) is -0.570. The number of para-hydroxylation sites is 1. The highest BCUT2D eigenvalue weighted by molar-refractivity contribution is 5.97. The van der Waals surface area contributed by atoms with Crippen molar-refractivity contribution in [3.63, 3.8) is 0 Å². The van der Waals surface area contributed by atoms with Gasteiger partial charge in [0.1, 0.15) is 5.82 Å². The minimum Gasteiger partial charge on any atom is -0.493 e. The SMILES string of the molecule is COc1cccc(C(=O)N(C)C)c1OCC(=O)NCc1ccccc1F. The number of hydrogen-bond acceptors (Lipinski definition) is 4. The average molecular weight is 360 g/mol. The van der Waals surface area contributed by atoms with Gasteiger partial charge in [0.25, 0.3) is 11.8 Å². The Kier molecular flexibility index (Phi) is 6.54. The maximum Gasteiger partial charge on any atom is 0.258 e. The Morgan fingerprint density at radius 2 is 1.85 bits per heavy atom. The van der Waals surface area contributed by atoms with Crippen LogP contribution in [0.15, 0.2) is 42.5 Å². The van der Waals surface area contributed by atoms with E-state index in [-0.39, 0.29) is 30.4 Å². The van der Waals surface area contributed by atoms with Gasteiger partial charge in [0.2, 0.25) is 0 Å². The smallest absolute Gasteiger partial charge is 0.258 e. The molecule has 0 fully saturated rings. The third kappa shape index (κ3) is 4.72. The molecular formula is C19H21FN2O4. The fraction of sp³-hybridized carbons (Fsp3) is 0.263. The van der Waals surface area contributed by atoms with Crippen molar-refractivity contribution >= 4 is 11.8 Å². The number of nitrogens with one attached hydrogen (secondary N) is 1. The van der Waals surface area contributed by atoms with E-state index in [4.69, 9.17) is 9.47 Å². The van der Waals surface area contributed by atoms with Gasteiger partial charge in [-0.2, -0.15) is 0 Å². The van der Waals surface area contributed by atoms with Gasteiger partial charge in [-0.25, -0.2) is 4.39 Å². The molecular weight excluding hydrogens is 339 g/mol. The first kappa shape index (κ1) is 19.2. The van der Waals surface area contributed by atoms with Crippen LogP contribution in [0.25, 0.3) is 0 Å². The Bertz CT molecular complexity index is 793. The first-order valence-corrected chi connectivity index (χ1v) is 7.95. The molecule has 0 aliphatic heterocycles. The molecule has 0 unspecified atom stereocenters. The number of methoxy groups -OCH3 is 1. The first-order valence-electron chi connectivity index (χ1n) is 7.95. The highest BCUT2D eigenvalue weighted by Gasteiger charge is 2.19. The zero-order valence-electron chi connectivity index (χ0n) is 14.9. The molecule has 0 aliphatic carbocycles. The summed E-state index contributed by atoms with van der Waals surface area (Å²) in [6.45, 7) is -0.285. The summed E-state index contributed by atoms with van der Waals surface area (Å²) in [7, 11) is 4.68. The van der Waals surface area contributed by atoms with E-state index < -0.39 is 11.7 Å². The van der Waals surface area contributed by atoms with Crippen molar-refractivity contribution in [1.82, 2.24) is 10.2 Å². The molecule has 0 bridgehead atoms. The Hall–Kier alpha value is -3.09. The van der Waals surface area contributed by atoms with Crippen molar-refractivity contribution in [2.75, 3.05) is 27.8 Å². The molecule has 0 saturated carbocycles. The van der Waals surface area contributed by atoms with E-state index >= 15 is 0 Å². The van der Waals surface area contributed by atoms with Crippen LogP contribution in [0.1, 0.15) is 15.9 Å².